The third kappa shape index (κ3) is 5.60. The molecular formula is C18H27N5O3. The third-order valence-electron chi connectivity index (χ3n) is 4.11. The lowest BCUT2D eigenvalue weighted by Gasteiger charge is -2.11. The lowest BCUT2D eigenvalue weighted by Crippen LogP contribution is -2.19. The van der Waals surface area contributed by atoms with Crippen molar-refractivity contribution in [1.29, 1.82) is 0 Å². The molecule has 0 aliphatic rings. The van der Waals surface area contributed by atoms with Gasteiger partial charge in [0.1, 0.15) is 11.6 Å². The average Bonchev–Trinajstić information content (AvgIpc) is 2.94. The molecule has 0 aliphatic carbocycles. The number of rotatable bonds is 10. The first-order chi connectivity index (χ1) is 12.4. The summed E-state index contributed by atoms with van der Waals surface area (Å²) in [6.45, 7) is 7.84. The molecule has 142 valence electrons. The summed E-state index contributed by atoms with van der Waals surface area (Å²) in [5.74, 6) is 1.37. The number of aliphatic hydroxyl groups is 1. The fourth-order valence-electron chi connectivity index (χ4n) is 2.75. The van der Waals surface area contributed by atoms with E-state index in [4.69, 9.17) is 5.11 Å². The summed E-state index contributed by atoms with van der Waals surface area (Å²) in [5.41, 5.74) is 1.03. The van der Waals surface area contributed by atoms with Crippen LogP contribution in [0.1, 0.15) is 60.1 Å². The van der Waals surface area contributed by atoms with Crippen molar-refractivity contribution in [2.24, 2.45) is 5.92 Å². The van der Waals surface area contributed by atoms with Crippen molar-refractivity contribution in [1.82, 2.24) is 25.1 Å². The van der Waals surface area contributed by atoms with Gasteiger partial charge in [-0.05, 0) is 37.8 Å². The van der Waals surface area contributed by atoms with Crippen LogP contribution in [0.4, 0.5) is 0 Å². The van der Waals surface area contributed by atoms with E-state index < -0.39 is 5.97 Å². The number of carbonyl (C=O) groups is 1. The number of carboxylic acid groups (broad SMARTS) is 1. The highest BCUT2D eigenvalue weighted by atomic mass is 16.4. The van der Waals surface area contributed by atoms with Crippen molar-refractivity contribution in [3.63, 3.8) is 0 Å². The first-order valence-electron chi connectivity index (χ1n) is 8.84. The second kappa shape index (κ2) is 9.40. The SMILES string of the molecule is Cc1nnc(CNCc2cc(C(=O)O)cc(CO)n2)n1CCCC(C)C. The minimum atomic E-state index is -1.04. The van der Waals surface area contributed by atoms with Crippen LogP contribution in [0.3, 0.4) is 0 Å². The smallest absolute Gasteiger partial charge is 0.335 e. The second-order valence-corrected chi connectivity index (χ2v) is 6.76. The van der Waals surface area contributed by atoms with Gasteiger partial charge in [0, 0.05) is 13.1 Å². The summed E-state index contributed by atoms with van der Waals surface area (Å²) >= 11 is 0. The van der Waals surface area contributed by atoms with Crippen LogP contribution in [-0.2, 0) is 26.2 Å². The Labute approximate surface area is 153 Å². The molecule has 2 aromatic heterocycles. The predicted molar refractivity (Wildman–Crippen MR) is 96.5 cm³/mol. The van der Waals surface area contributed by atoms with Gasteiger partial charge in [0.05, 0.1) is 30.1 Å². The van der Waals surface area contributed by atoms with Crippen molar-refractivity contribution >= 4 is 5.97 Å². The monoisotopic (exact) mass is 361 g/mol. The molecule has 0 saturated carbocycles. The third-order valence-corrected chi connectivity index (χ3v) is 4.11. The maximum Gasteiger partial charge on any atom is 0.335 e. The van der Waals surface area contributed by atoms with E-state index in [9.17, 15) is 9.90 Å². The van der Waals surface area contributed by atoms with E-state index in [2.05, 4.69) is 38.9 Å². The molecule has 0 saturated heterocycles. The van der Waals surface area contributed by atoms with Crippen LogP contribution in [-0.4, -0.2) is 35.9 Å². The molecule has 0 aliphatic heterocycles. The maximum absolute atomic E-state index is 11.2. The van der Waals surface area contributed by atoms with Gasteiger partial charge in [-0.25, -0.2) is 4.79 Å². The van der Waals surface area contributed by atoms with Crippen molar-refractivity contribution in [3.05, 3.63) is 40.7 Å². The Balaban J connectivity index is 1.98. The molecule has 0 aromatic carbocycles. The summed E-state index contributed by atoms with van der Waals surface area (Å²) in [6, 6.07) is 2.88. The Morgan fingerprint density at radius 2 is 1.96 bits per heavy atom. The van der Waals surface area contributed by atoms with Gasteiger partial charge in [-0.15, -0.1) is 10.2 Å². The Morgan fingerprint density at radius 1 is 1.23 bits per heavy atom. The molecule has 2 rings (SSSR count). The van der Waals surface area contributed by atoms with Crippen molar-refractivity contribution in [3.8, 4) is 0 Å². The molecule has 0 amide bonds. The molecule has 3 N–H and O–H groups in total. The number of hydrogen-bond donors (Lipinski definition) is 3. The molecular weight excluding hydrogens is 334 g/mol. The van der Waals surface area contributed by atoms with Crippen LogP contribution in [0.15, 0.2) is 12.1 Å². The van der Waals surface area contributed by atoms with Crippen LogP contribution in [0.25, 0.3) is 0 Å². The summed E-state index contributed by atoms with van der Waals surface area (Å²) in [5, 5.41) is 30.0. The maximum atomic E-state index is 11.2. The molecule has 26 heavy (non-hydrogen) atoms. The summed E-state index contributed by atoms with van der Waals surface area (Å²) in [7, 11) is 0. The second-order valence-electron chi connectivity index (χ2n) is 6.76. The zero-order valence-electron chi connectivity index (χ0n) is 15.6. The number of nitrogens with zero attached hydrogens (tertiary/aromatic N) is 4. The first kappa shape index (κ1) is 20.0. The van der Waals surface area contributed by atoms with Gasteiger partial charge >= 0.3 is 5.97 Å². The van der Waals surface area contributed by atoms with Crippen LogP contribution in [0, 0.1) is 12.8 Å². The number of aromatic nitrogens is 4. The highest BCUT2D eigenvalue weighted by Gasteiger charge is 2.11. The van der Waals surface area contributed by atoms with E-state index in [-0.39, 0.29) is 12.2 Å². The number of hydrogen-bond acceptors (Lipinski definition) is 6. The lowest BCUT2D eigenvalue weighted by molar-refractivity contribution is 0.0696. The molecule has 8 heteroatoms. The van der Waals surface area contributed by atoms with Gasteiger partial charge < -0.3 is 20.1 Å². The highest BCUT2D eigenvalue weighted by molar-refractivity contribution is 5.87. The quantitative estimate of drug-likeness (QED) is 0.592. The normalized spacial score (nSPS) is 11.3. The zero-order chi connectivity index (χ0) is 19.1. The largest absolute Gasteiger partial charge is 0.478 e. The van der Waals surface area contributed by atoms with Gasteiger partial charge in [-0.2, -0.15) is 0 Å². The molecule has 2 heterocycles. The standard InChI is InChI=1S/C18H27N5O3/c1-12(2)5-4-6-23-13(3)21-22-17(23)10-19-9-15-7-14(18(25)26)8-16(11-24)20-15/h7-8,12,19,24H,4-6,9-11H2,1-3H3,(H,25,26). The minimum absolute atomic E-state index is 0.119. The Kier molecular flexibility index (Phi) is 7.23. The van der Waals surface area contributed by atoms with Crippen molar-refractivity contribution in [2.75, 3.05) is 0 Å². The van der Waals surface area contributed by atoms with Gasteiger partial charge in [0.15, 0.2) is 0 Å². The lowest BCUT2D eigenvalue weighted by atomic mass is 10.1. The number of pyridine rings is 1. The summed E-state index contributed by atoms with van der Waals surface area (Å²) < 4.78 is 2.11. The molecule has 0 unspecified atom stereocenters. The van der Waals surface area contributed by atoms with Crippen LogP contribution in [0.2, 0.25) is 0 Å². The number of aliphatic hydroxyl groups excluding tert-OH is 1. The molecule has 8 nitrogen and oxygen atoms in total. The molecule has 0 atom stereocenters. The fraction of sp³-hybridized carbons (Fsp3) is 0.556. The topological polar surface area (TPSA) is 113 Å². The minimum Gasteiger partial charge on any atom is -0.478 e. The summed E-state index contributed by atoms with van der Waals surface area (Å²) in [6.07, 6.45) is 2.23. The van der Waals surface area contributed by atoms with E-state index in [0.717, 1.165) is 31.0 Å². The first-order valence-corrected chi connectivity index (χ1v) is 8.84. The predicted octanol–water partition coefficient (Wildman–Crippen LogP) is 1.90. The van der Waals surface area contributed by atoms with E-state index in [1.165, 1.54) is 12.1 Å². The van der Waals surface area contributed by atoms with Crippen LogP contribution >= 0.6 is 0 Å². The molecule has 0 fully saturated rings. The van der Waals surface area contributed by atoms with E-state index >= 15 is 0 Å². The van der Waals surface area contributed by atoms with Crippen molar-refractivity contribution in [2.45, 2.75) is 59.9 Å². The number of aromatic carboxylic acids is 1. The molecule has 0 radical (unpaired) electrons. The van der Waals surface area contributed by atoms with E-state index in [1.54, 1.807) is 0 Å². The van der Waals surface area contributed by atoms with Gasteiger partial charge in [-0.1, -0.05) is 13.8 Å². The average molecular weight is 361 g/mol. The number of nitrogens with one attached hydrogen (secondary N) is 1. The molecule has 0 bridgehead atoms. The van der Waals surface area contributed by atoms with Crippen LogP contribution < -0.4 is 5.32 Å². The summed E-state index contributed by atoms with van der Waals surface area (Å²) in [4.78, 5) is 15.4. The van der Waals surface area contributed by atoms with Gasteiger partial charge in [-0.3, -0.25) is 4.98 Å². The molecule has 2 aromatic rings. The van der Waals surface area contributed by atoms with Crippen molar-refractivity contribution < 1.29 is 15.0 Å². The Morgan fingerprint density at radius 3 is 2.62 bits per heavy atom. The van der Waals surface area contributed by atoms with Gasteiger partial charge in [0.25, 0.3) is 0 Å². The number of aryl methyl sites for hydroxylation is 1. The zero-order valence-corrected chi connectivity index (χ0v) is 15.6. The molecule has 0 spiro atoms. The van der Waals surface area contributed by atoms with E-state index in [0.29, 0.717) is 30.4 Å². The van der Waals surface area contributed by atoms with Crippen LogP contribution in [0.5, 0.6) is 0 Å². The Bertz CT molecular complexity index is 742. The Hall–Kier alpha value is -2.32. The highest BCUT2D eigenvalue weighted by Crippen LogP contribution is 2.10. The fourth-order valence-corrected chi connectivity index (χ4v) is 2.75. The van der Waals surface area contributed by atoms with E-state index in [1.807, 2.05) is 6.92 Å². The van der Waals surface area contributed by atoms with Gasteiger partial charge in [0.2, 0.25) is 0 Å². The number of carboxylic acids is 1.